The molecule has 4 heteroatoms. The van der Waals surface area contributed by atoms with Crippen LogP contribution < -0.4 is 5.73 Å². The first-order valence-corrected chi connectivity index (χ1v) is 5.47. The Balaban J connectivity index is 1.80. The van der Waals surface area contributed by atoms with E-state index in [2.05, 4.69) is 0 Å². The summed E-state index contributed by atoms with van der Waals surface area (Å²) in [6.45, 7) is 1.63. The molecule has 1 amide bonds. The highest BCUT2D eigenvalue weighted by Gasteiger charge is 2.24. The summed E-state index contributed by atoms with van der Waals surface area (Å²) >= 11 is 0. The molecule has 0 bridgehead atoms. The third-order valence-corrected chi connectivity index (χ3v) is 2.69. The van der Waals surface area contributed by atoms with Gasteiger partial charge in [0.15, 0.2) is 0 Å². The van der Waals surface area contributed by atoms with Gasteiger partial charge in [-0.15, -0.1) is 0 Å². The maximum Gasteiger partial charge on any atom is 0.410 e. The lowest BCUT2D eigenvalue weighted by Gasteiger charge is -2.15. The monoisotopic (exact) mass is 220 g/mol. The van der Waals surface area contributed by atoms with Crippen molar-refractivity contribution in [2.75, 3.05) is 13.1 Å². The molecule has 1 aliphatic heterocycles. The molecule has 1 aromatic carbocycles. The Bertz CT molecular complexity index is 353. The summed E-state index contributed by atoms with van der Waals surface area (Å²) in [4.78, 5) is 13.3. The van der Waals surface area contributed by atoms with E-state index in [1.54, 1.807) is 4.90 Å². The first-order chi connectivity index (χ1) is 7.75. The lowest BCUT2D eigenvalue weighted by molar-refractivity contribution is 0.104. The van der Waals surface area contributed by atoms with Gasteiger partial charge in [0.25, 0.3) is 0 Å². The van der Waals surface area contributed by atoms with E-state index in [0.717, 1.165) is 12.0 Å². The summed E-state index contributed by atoms with van der Waals surface area (Å²) in [5, 5.41) is 0. The zero-order chi connectivity index (χ0) is 11.4. The highest BCUT2D eigenvalue weighted by atomic mass is 16.6. The van der Waals surface area contributed by atoms with Crippen molar-refractivity contribution in [2.45, 2.75) is 19.1 Å². The number of rotatable bonds is 2. The van der Waals surface area contributed by atoms with Crippen LogP contribution in [0.2, 0.25) is 0 Å². The van der Waals surface area contributed by atoms with Crippen LogP contribution in [-0.2, 0) is 11.3 Å². The average Bonchev–Trinajstić information content (AvgIpc) is 2.74. The third-order valence-electron chi connectivity index (χ3n) is 2.69. The van der Waals surface area contributed by atoms with Crippen molar-refractivity contribution in [2.24, 2.45) is 5.73 Å². The molecule has 0 aliphatic carbocycles. The minimum absolute atomic E-state index is 0.101. The van der Waals surface area contributed by atoms with Crippen LogP contribution in [0.3, 0.4) is 0 Å². The van der Waals surface area contributed by atoms with Gasteiger partial charge in [0.05, 0.1) is 0 Å². The van der Waals surface area contributed by atoms with E-state index in [1.165, 1.54) is 0 Å². The Morgan fingerprint density at radius 1 is 1.44 bits per heavy atom. The molecule has 1 unspecified atom stereocenters. The molecule has 0 spiro atoms. The molecular weight excluding hydrogens is 204 g/mol. The molecule has 1 heterocycles. The lowest BCUT2D eigenvalue weighted by Crippen LogP contribution is -2.32. The minimum atomic E-state index is -0.267. The zero-order valence-electron chi connectivity index (χ0n) is 9.13. The number of carbonyl (C=O) groups is 1. The minimum Gasteiger partial charge on any atom is -0.445 e. The van der Waals surface area contributed by atoms with Crippen LogP contribution in [-0.4, -0.2) is 30.1 Å². The Morgan fingerprint density at radius 3 is 2.81 bits per heavy atom. The molecule has 1 aromatic rings. The van der Waals surface area contributed by atoms with Gasteiger partial charge in [0.2, 0.25) is 0 Å². The van der Waals surface area contributed by atoms with Gasteiger partial charge in [-0.05, 0) is 12.0 Å². The molecule has 2 rings (SSSR count). The summed E-state index contributed by atoms with van der Waals surface area (Å²) in [6, 6.07) is 9.75. The topological polar surface area (TPSA) is 55.6 Å². The number of likely N-dealkylation sites (tertiary alicyclic amines) is 1. The van der Waals surface area contributed by atoms with Gasteiger partial charge in [-0.3, -0.25) is 0 Å². The molecule has 1 saturated heterocycles. The van der Waals surface area contributed by atoms with Crippen molar-refractivity contribution < 1.29 is 9.53 Å². The highest BCUT2D eigenvalue weighted by molar-refractivity contribution is 5.68. The summed E-state index contributed by atoms with van der Waals surface area (Å²) in [6.07, 6.45) is 0.595. The van der Waals surface area contributed by atoms with Crippen molar-refractivity contribution in [1.82, 2.24) is 4.90 Å². The number of benzene rings is 1. The van der Waals surface area contributed by atoms with E-state index in [0.29, 0.717) is 19.7 Å². The van der Waals surface area contributed by atoms with E-state index in [9.17, 15) is 4.79 Å². The first kappa shape index (κ1) is 11.0. The van der Waals surface area contributed by atoms with Crippen molar-refractivity contribution in [3.63, 3.8) is 0 Å². The fourth-order valence-electron chi connectivity index (χ4n) is 1.76. The Hall–Kier alpha value is -1.55. The molecular formula is C12H16N2O2. The Kier molecular flexibility index (Phi) is 3.41. The van der Waals surface area contributed by atoms with Crippen LogP contribution in [0.25, 0.3) is 0 Å². The highest BCUT2D eigenvalue weighted by Crippen LogP contribution is 2.10. The van der Waals surface area contributed by atoms with Crippen LogP contribution >= 0.6 is 0 Å². The second kappa shape index (κ2) is 4.99. The van der Waals surface area contributed by atoms with Gasteiger partial charge in [0, 0.05) is 19.1 Å². The van der Waals surface area contributed by atoms with E-state index in [-0.39, 0.29) is 12.1 Å². The number of carbonyl (C=O) groups excluding carboxylic acids is 1. The molecule has 0 saturated carbocycles. The van der Waals surface area contributed by atoms with Crippen LogP contribution in [0.1, 0.15) is 12.0 Å². The first-order valence-electron chi connectivity index (χ1n) is 5.47. The standard InChI is InChI=1S/C12H16N2O2/c13-11-6-7-14(8-11)12(15)16-9-10-4-2-1-3-5-10/h1-5,11H,6-9,13H2. The SMILES string of the molecule is NC1CCN(C(=O)OCc2ccccc2)C1. The average molecular weight is 220 g/mol. The second-order valence-electron chi connectivity index (χ2n) is 4.03. The maximum atomic E-state index is 11.6. The van der Waals surface area contributed by atoms with Gasteiger partial charge >= 0.3 is 6.09 Å². The predicted molar refractivity (Wildman–Crippen MR) is 60.8 cm³/mol. The molecule has 2 N–H and O–H groups in total. The predicted octanol–water partition coefficient (Wildman–Crippen LogP) is 1.36. The summed E-state index contributed by atoms with van der Waals surface area (Å²) < 4.78 is 5.19. The fourth-order valence-corrected chi connectivity index (χ4v) is 1.76. The molecule has 4 nitrogen and oxygen atoms in total. The molecule has 16 heavy (non-hydrogen) atoms. The molecule has 1 fully saturated rings. The number of hydrogen-bond acceptors (Lipinski definition) is 3. The van der Waals surface area contributed by atoms with Gasteiger partial charge in [-0.25, -0.2) is 4.79 Å². The number of ether oxygens (including phenoxy) is 1. The normalized spacial score (nSPS) is 19.8. The van der Waals surface area contributed by atoms with Crippen molar-refractivity contribution in [3.05, 3.63) is 35.9 Å². The third kappa shape index (κ3) is 2.73. The van der Waals surface area contributed by atoms with E-state index >= 15 is 0 Å². The second-order valence-corrected chi connectivity index (χ2v) is 4.03. The van der Waals surface area contributed by atoms with Crippen LogP contribution in [0.4, 0.5) is 4.79 Å². The zero-order valence-corrected chi connectivity index (χ0v) is 9.13. The van der Waals surface area contributed by atoms with Gasteiger partial charge < -0.3 is 15.4 Å². The molecule has 1 atom stereocenters. The largest absolute Gasteiger partial charge is 0.445 e. The van der Waals surface area contributed by atoms with E-state index < -0.39 is 0 Å². The van der Waals surface area contributed by atoms with Crippen LogP contribution in [0.5, 0.6) is 0 Å². The van der Waals surface area contributed by atoms with Gasteiger partial charge in [-0.2, -0.15) is 0 Å². The molecule has 1 aliphatic rings. The van der Waals surface area contributed by atoms with Crippen LogP contribution in [0, 0.1) is 0 Å². The van der Waals surface area contributed by atoms with E-state index in [1.807, 2.05) is 30.3 Å². The van der Waals surface area contributed by atoms with Gasteiger partial charge in [-0.1, -0.05) is 30.3 Å². The Morgan fingerprint density at radius 2 is 2.19 bits per heavy atom. The van der Waals surface area contributed by atoms with E-state index in [4.69, 9.17) is 10.5 Å². The molecule has 86 valence electrons. The number of amides is 1. The fraction of sp³-hybridized carbons (Fsp3) is 0.417. The summed E-state index contributed by atoms with van der Waals surface area (Å²) in [7, 11) is 0. The Labute approximate surface area is 95.0 Å². The summed E-state index contributed by atoms with van der Waals surface area (Å²) in [5.41, 5.74) is 6.72. The maximum absolute atomic E-state index is 11.6. The molecule has 0 aromatic heterocycles. The lowest BCUT2D eigenvalue weighted by atomic mass is 10.2. The number of hydrogen-bond donors (Lipinski definition) is 1. The quantitative estimate of drug-likeness (QED) is 0.818. The summed E-state index contributed by atoms with van der Waals surface area (Å²) in [5.74, 6) is 0. The number of nitrogens with zero attached hydrogens (tertiary/aromatic N) is 1. The van der Waals surface area contributed by atoms with Crippen molar-refractivity contribution in [3.8, 4) is 0 Å². The van der Waals surface area contributed by atoms with Crippen molar-refractivity contribution in [1.29, 1.82) is 0 Å². The van der Waals surface area contributed by atoms with Crippen molar-refractivity contribution >= 4 is 6.09 Å². The molecule has 0 radical (unpaired) electrons. The van der Waals surface area contributed by atoms with Gasteiger partial charge in [0.1, 0.15) is 6.61 Å². The van der Waals surface area contributed by atoms with Crippen LogP contribution in [0.15, 0.2) is 30.3 Å². The number of nitrogens with two attached hydrogens (primary N) is 1. The smallest absolute Gasteiger partial charge is 0.410 e.